The Morgan fingerprint density at radius 1 is 1.22 bits per heavy atom. The summed E-state index contributed by atoms with van der Waals surface area (Å²) in [6.07, 6.45) is 0. The Bertz CT molecular complexity index is 384. The van der Waals surface area contributed by atoms with E-state index in [1.807, 2.05) is 0 Å². The van der Waals surface area contributed by atoms with Crippen molar-refractivity contribution in [3.05, 3.63) is 23.8 Å². The fraction of sp³-hybridized carbons (Fsp3) is 0.500. The van der Waals surface area contributed by atoms with Gasteiger partial charge in [0.25, 0.3) is 0 Å². The fourth-order valence-electron chi connectivity index (χ4n) is 2.22. The van der Waals surface area contributed by atoms with Crippen LogP contribution in [0.1, 0.15) is 11.6 Å². The zero-order valence-electron chi connectivity index (χ0n) is 10.0. The normalized spacial score (nSPS) is 18.1. The van der Waals surface area contributed by atoms with Crippen molar-refractivity contribution in [2.24, 2.45) is 0 Å². The minimum atomic E-state index is -0.210. The molecule has 18 heavy (non-hydrogen) atoms. The lowest BCUT2D eigenvalue weighted by Gasteiger charge is -2.34. The fourth-order valence-corrected chi connectivity index (χ4v) is 2.22. The van der Waals surface area contributed by atoms with Crippen LogP contribution in [-0.4, -0.2) is 53.0 Å². The molecule has 1 aromatic rings. The van der Waals surface area contributed by atoms with E-state index in [1.54, 1.807) is 6.07 Å². The molecule has 2 rings (SSSR count). The summed E-state index contributed by atoms with van der Waals surface area (Å²) in [5, 5.41) is 31.8. The van der Waals surface area contributed by atoms with Gasteiger partial charge in [0.1, 0.15) is 11.5 Å². The van der Waals surface area contributed by atoms with E-state index in [-0.39, 0.29) is 36.6 Å². The number of halogens is 1. The maximum absolute atomic E-state index is 9.81. The van der Waals surface area contributed by atoms with E-state index < -0.39 is 0 Å². The third kappa shape index (κ3) is 3.26. The van der Waals surface area contributed by atoms with Crippen molar-refractivity contribution >= 4 is 12.4 Å². The molecule has 4 N–H and O–H groups in total. The molecule has 1 atom stereocenters. The molecule has 1 aliphatic rings. The second-order valence-corrected chi connectivity index (χ2v) is 4.23. The first-order valence-electron chi connectivity index (χ1n) is 5.80. The van der Waals surface area contributed by atoms with Gasteiger partial charge < -0.3 is 20.6 Å². The Hall–Kier alpha value is -1.01. The lowest BCUT2D eigenvalue weighted by atomic mass is 10.0. The molecule has 102 valence electrons. The number of benzene rings is 1. The Balaban J connectivity index is 0.00000162. The van der Waals surface area contributed by atoms with Crippen LogP contribution in [0.25, 0.3) is 0 Å². The summed E-state index contributed by atoms with van der Waals surface area (Å²) in [5.74, 6) is 0.0610. The zero-order chi connectivity index (χ0) is 12.3. The highest BCUT2D eigenvalue weighted by Gasteiger charge is 2.23. The van der Waals surface area contributed by atoms with E-state index >= 15 is 0 Å². The molecule has 0 radical (unpaired) electrons. The van der Waals surface area contributed by atoms with Crippen molar-refractivity contribution in [2.45, 2.75) is 6.04 Å². The van der Waals surface area contributed by atoms with Crippen molar-refractivity contribution in [1.82, 2.24) is 10.2 Å². The first kappa shape index (κ1) is 15.0. The molecule has 5 nitrogen and oxygen atoms in total. The second kappa shape index (κ2) is 6.80. The van der Waals surface area contributed by atoms with Gasteiger partial charge in [0.15, 0.2) is 0 Å². The molecule has 0 bridgehead atoms. The minimum absolute atomic E-state index is 0. The summed E-state index contributed by atoms with van der Waals surface area (Å²) >= 11 is 0. The van der Waals surface area contributed by atoms with Crippen molar-refractivity contribution in [3.8, 4) is 11.5 Å². The van der Waals surface area contributed by atoms with Crippen LogP contribution in [0, 0.1) is 0 Å². The molecule has 6 heteroatoms. The summed E-state index contributed by atoms with van der Waals surface area (Å²) in [4.78, 5) is 2.13. The Kier molecular flexibility index (Phi) is 5.68. The van der Waals surface area contributed by atoms with E-state index in [2.05, 4.69) is 10.2 Å². The Labute approximate surface area is 112 Å². The van der Waals surface area contributed by atoms with Crippen molar-refractivity contribution in [1.29, 1.82) is 0 Å². The molecule has 0 spiro atoms. The highest BCUT2D eigenvalue weighted by molar-refractivity contribution is 5.85. The van der Waals surface area contributed by atoms with Gasteiger partial charge in [-0.1, -0.05) is 0 Å². The van der Waals surface area contributed by atoms with Crippen LogP contribution >= 0.6 is 12.4 Å². The quantitative estimate of drug-likeness (QED) is 0.644. The average Bonchev–Trinajstić information content (AvgIpc) is 2.34. The van der Waals surface area contributed by atoms with Gasteiger partial charge in [-0.25, -0.2) is 0 Å². The van der Waals surface area contributed by atoms with E-state index in [1.165, 1.54) is 12.1 Å². The van der Waals surface area contributed by atoms with Crippen LogP contribution in [0.3, 0.4) is 0 Å². The number of aliphatic hydroxyl groups excluding tert-OH is 1. The van der Waals surface area contributed by atoms with E-state index in [0.29, 0.717) is 5.56 Å². The summed E-state index contributed by atoms with van der Waals surface area (Å²) in [6, 6.07) is 4.28. The predicted molar refractivity (Wildman–Crippen MR) is 71.3 cm³/mol. The van der Waals surface area contributed by atoms with Gasteiger partial charge in [0.2, 0.25) is 0 Å². The van der Waals surface area contributed by atoms with Crippen LogP contribution < -0.4 is 5.32 Å². The van der Waals surface area contributed by atoms with Gasteiger partial charge >= 0.3 is 0 Å². The minimum Gasteiger partial charge on any atom is -0.508 e. The van der Waals surface area contributed by atoms with E-state index in [0.717, 1.165) is 26.2 Å². The smallest absolute Gasteiger partial charge is 0.124 e. The first-order chi connectivity index (χ1) is 8.22. The number of nitrogens with one attached hydrogen (secondary N) is 1. The van der Waals surface area contributed by atoms with Crippen LogP contribution in [0.5, 0.6) is 11.5 Å². The van der Waals surface area contributed by atoms with E-state index in [9.17, 15) is 15.3 Å². The summed E-state index contributed by atoms with van der Waals surface area (Å²) in [6.45, 7) is 3.40. The molecular weight excluding hydrogens is 256 g/mol. The molecule has 0 amide bonds. The zero-order valence-corrected chi connectivity index (χ0v) is 10.9. The Morgan fingerprint density at radius 3 is 2.44 bits per heavy atom. The lowest BCUT2D eigenvalue weighted by molar-refractivity contribution is 0.109. The predicted octanol–water partition coefficient (Wildman–Crippen LogP) is 0.458. The number of aliphatic hydroxyl groups is 1. The summed E-state index contributed by atoms with van der Waals surface area (Å²) in [7, 11) is 0. The highest BCUT2D eigenvalue weighted by Crippen LogP contribution is 2.31. The highest BCUT2D eigenvalue weighted by atomic mass is 35.5. The molecule has 1 aromatic carbocycles. The summed E-state index contributed by atoms with van der Waals surface area (Å²) in [5.41, 5.74) is 0.659. The lowest BCUT2D eigenvalue weighted by Crippen LogP contribution is -2.46. The molecule has 1 saturated heterocycles. The maximum Gasteiger partial charge on any atom is 0.124 e. The molecule has 0 aromatic heterocycles. The largest absolute Gasteiger partial charge is 0.508 e. The molecule has 1 aliphatic heterocycles. The third-order valence-electron chi connectivity index (χ3n) is 3.14. The number of phenols is 2. The Morgan fingerprint density at radius 2 is 1.89 bits per heavy atom. The van der Waals surface area contributed by atoms with Crippen LogP contribution in [0.15, 0.2) is 18.2 Å². The van der Waals surface area contributed by atoms with Gasteiger partial charge in [-0.3, -0.25) is 4.90 Å². The molecular formula is C12H19ClN2O3. The number of nitrogens with zero attached hydrogens (tertiary/aromatic N) is 1. The third-order valence-corrected chi connectivity index (χ3v) is 3.14. The number of rotatable bonds is 3. The van der Waals surface area contributed by atoms with Crippen LogP contribution in [-0.2, 0) is 0 Å². The van der Waals surface area contributed by atoms with Crippen LogP contribution in [0.4, 0.5) is 0 Å². The van der Waals surface area contributed by atoms with E-state index in [4.69, 9.17) is 0 Å². The number of hydrogen-bond donors (Lipinski definition) is 4. The van der Waals surface area contributed by atoms with Crippen molar-refractivity contribution < 1.29 is 15.3 Å². The maximum atomic E-state index is 9.81. The van der Waals surface area contributed by atoms with Crippen molar-refractivity contribution in [3.63, 3.8) is 0 Å². The monoisotopic (exact) mass is 274 g/mol. The van der Waals surface area contributed by atoms with Crippen LogP contribution in [0.2, 0.25) is 0 Å². The summed E-state index contributed by atoms with van der Waals surface area (Å²) < 4.78 is 0. The number of piperazine rings is 1. The van der Waals surface area contributed by atoms with Gasteiger partial charge in [-0.2, -0.15) is 0 Å². The molecule has 0 aliphatic carbocycles. The molecule has 1 heterocycles. The van der Waals surface area contributed by atoms with Gasteiger partial charge in [0, 0.05) is 37.8 Å². The van der Waals surface area contributed by atoms with Gasteiger partial charge in [-0.05, 0) is 12.1 Å². The van der Waals surface area contributed by atoms with Gasteiger partial charge in [0.05, 0.1) is 12.6 Å². The topological polar surface area (TPSA) is 76.0 Å². The second-order valence-electron chi connectivity index (χ2n) is 4.23. The number of hydrogen-bond acceptors (Lipinski definition) is 5. The molecule has 1 fully saturated rings. The van der Waals surface area contributed by atoms with Gasteiger partial charge in [-0.15, -0.1) is 12.4 Å². The first-order valence-corrected chi connectivity index (χ1v) is 5.80. The molecule has 0 unspecified atom stereocenters. The number of aromatic hydroxyl groups is 2. The SMILES string of the molecule is Cl.OC[C@@H](c1ccc(O)cc1O)N1CCNCC1. The number of phenolic OH excluding ortho intramolecular Hbond substituents is 2. The van der Waals surface area contributed by atoms with Crippen molar-refractivity contribution in [2.75, 3.05) is 32.8 Å². The standard InChI is InChI=1S/C12H18N2O3.ClH/c15-8-11(14-5-3-13-4-6-14)10-2-1-9(16)7-12(10)17;/h1-2,7,11,13,15-17H,3-6,8H2;1H/t11-;/m0./s1. The average molecular weight is 275 g/mol. The molecule has 0 saturated carbocycles.